The van der Waals surface area contributed by atoms with Gasteiger partial charge in [0, 0.05) is 19.3 Å². The summed E-state index contributed by atoms with van der Waals surface area (Å²) in [5.74, 6) is -1.19. The third-order valence-electron chi connectivity index (χ3n) is 8.54. The van der Waals surface area contributed by atoms with E-state index in [1.54, 1.807) is 26.8 Å². The molecule has 3 heterocycles. The Morgan fingerprint density at radius 1 is 1.21 bits per heavy atom. The van der Waals surface area contributed by atoms with Crippen LogP contribution in [0.15, 0.2) is 35.3 Å². The first-order valence-corrected chi connectivity index (χ1v) is 13.6. The number of ketones is 1. The van der Waals surface area contributed by atoms with E-state index in [0.717, 1.165) is 24.8 Å². The molecule has 1 aromatic carbocycles. The van der Waals surface area contributed by atoms with Gasteiger partial charge in [-0.25, -0.2) is 4.98 Å². The zero-order chi connectivity index (χ0) is 27.8. The van der Waals surface area contributed by atoms with Crippen LogP contribution in [0.1, 0.15) is 83.8 Å². The predicted octanol–water partition coefficient (Wildman–Crippen LogP) is 4.99. The van der Waals surface area contributed by atoms with E-state index < -0.39 is 35.6 Å². The largest absolute Gasteiger partial charge is 0.457 e. The van der Waals surface area contributed by atoms with Crippen molar-refractivity contribution in [1.82, 2.24) is 4.98 Å². The minimum absolute atomic E-state index is 0.0976. The molecule has 38 heavy (non-hydrogen) atoms. The topological polar surface area (TPSA) is 122 Å². The third-order valence-corrected chi connectivity index (χ3v) is 8.54. The van der Waals surface area contributed by atoms with Crippen LogP contribution in [0.25, 0.3) is 11.1 Å². The van der Waals surface area contributed by atoms with Crippen LogP contribution in [0, 0.1) is 24.2 Å². The number of rotatable bonds is 3. The fourth-order valence-corrected chi connectivity index (χ4v) is 5.70. The molecule has 0 unspecified atom stereocenters. The van der Waals surface area contributed by atoms with Crippen molar-refractivity contribution < 1.29 is 33.7 Å². The van der Waals surface area contributed by atoms with Crippen LogP contribution in [0.4, 0.5) is 0 Å². The molecule has 2 aromatic rings. The Labute approximate surface area is 224 Å². The Bertz CT molecular complexity index is 1190. The van der Waals surface area contributed by atoms with Crippen molar-refractivity contribution in [2.75, 3.05) is 0 Å². The molecule has 2 N–H and O–H groups in total. The van der Waals surface area contributed by atoms with Crippen LogP contribution < -0.4 is 0 Å². The van der Waals surface area contributed by atoms with Gasteiger partial charge in [-0.3, -0.25) is 9.59 Å². The Morgan fingerprint density at radius 3 is 2.66 bits per heavy atom. The van der Waals surface area contributed by atoms with Crippen LogP contribution >= 0.6 is 0 Å². The molecule has 2 fully saturated rings. The zero-order valence-corrected chi connectivity index (χ0v) is 23.1. The molecule has 0 bridgehead atoms. The number of fused-ring (bicyclic) bond motifs is 2. The number of ether oxygens (including phenoxy) is 2. The highest BCUT2D eigenvalue weighted by Crippen LogP contribution is 2.47. The zero-order valence-electron chi connectivity index (χ0n) is 23.1. The highest BCUT2D eigenvalue weighted by atomic mass is 16.6. The van der Waals surface area contributed by atoms with E-state index in [-0.39, 0.29) is 29.8 Å². The van der Waals surface area contributed by atoms with Gasteiger partial charge in [-0.2, -0.15) is 0 Å². The van der Waals surface area contributed by atoms with Crippen molar-refractivity contribution in [2.45, 2.75) is 103 Å². The molecule has 0 spiro atoms. The molecule has 1 aromatic heterocycles. The minimum atomic E-state index is -1.28. The Hall–Kier alpha value is -2.55. The van der Waals surface area contributed by atoms with Gasteiger partial charge in [-0.1, -0.05) is 39.3 Å². The first kappa shape index (κ1) is 28.5. The molecule has 7 atom stereocenters. The van der Waals surface area contributed by atoms with Crippen LogP contribution in [0.3, 0.4) is 0 Å². The lowest BCUT2D eigenvalue weighted by molar-refractivity contribution is -0.156. The Morgan fingerprint density at radius 2 is 1.95 bits per heavy atom. The van der Waals surface area contributed by atoms with Gasteiger partial charge >= 0.3 is 5.97 Å². The summed E-state index contributed by atoms with van der Waals surface area (Å²) in [4.78, 5) is 31.1. The summed E-state index contributed by atoms with van der Waals surface area (Å²) in [5.41, 5.74) is 0.481. The number of hydrogen-bond donors (Lipinski definition) is 2. The summed E-state index contributed by atoms with van der Waals surface area (Å²) in [6.45, 7) is 12.8. The van der Waals surface area contributed by atoms with Crippen molar-refractivity contribution in [3.63, 3.8) is 0 Å². The van der Waals surface area contributed by atoms with Gasteiger partial charge in [0.05, 0.1) is 35.7 Å². The second-order valence-corrected chi connectivity index (χ2v) is 11.9. The maximum atomic E-state index is 13.6. The number of oxazole rings is 1. The van der Waals surface area contributed by atoms with Crippen LogP contribution in [-0.2, 0) is 19.1 Å². The molecule has 8 heteroatoms. The quantitative estimate of drug-likeness (QED) is 0.325. The van der Waals surface area contributed by atoms with Gasteiger partial charge in [-0.15, -0.1) is 6.58 Å². The number of esters is 1. The average molecular weight is 528 g/mol. The molecule has 0 radical (unpaired) electrons. The standard InChI is InChI=1S/C30H41NO7/c1-7-9-20-27(34)17(2)10-8-13-30(6)25(38-30)15-23(19-11-12-22-21(14-19)31-18(3)36-22)37-26(33)16-24(32)29(4,5)28(20)35/h7,11-12,14,17,20,23-25,27,32,34H,1,8-10,13,15-16H2,2-6H3/t17-,20+,23+,24-,25+,27-,30-/m0/s1. The number of Topliss-reactive ketones (excluding diaryl/α,β-unsaturated/α-hetero) is 1. The molecule has 2 aliphatic heterocycles. The first-order valence-electron chi connectivity index (χ1n) is 13.6. The lowest BCUT2D eigenvalue weighted by atomic mass is 9.71. The van der Waals surface area contributed by atoms with E-state index >= 15 is 0 Å². The number of hydrogen-bond acceptors (Lipinski definition) is 8. The number of benzene rings is 1. The number of aromatic nitrogens is 1. The highest BCUT2D eigenvalue weighted by molar-refractivity contribution is 5.88. The number of carbonyl (C=O) groups is 2. The SMILES string of the molecule is C=CC[C@H]1C(=O)C(C)(C)[C@@H](O)CC(=O)O[C@@H](c2ccc3oc(C)nc3c2)C[C@H]2O[C@@]2(C)CCC[C@H](C)[C@@H]1O. The number of allylic oxidation sites excluding steroid dienone is 1. The Kier molecular flexibility index (Phi) is 8.17. The molecular weight excluding hydrogens is 486 g/mol. The highest BCUT2D eigenvalue weighted by Gasteiger charge is 2.53. The van der Waals surface area contributed by atoms with Crippen molar-refractivity contribution in [3.8, 4) is 0 Å². The molecule has 2 aliphatic rings. The second kappa shape index (κ2) is 10.9. The van der Waals surface area contributed by atoms with Crippen LogP contribution in [-0.4, -0.2) is 50.9 Å². The van der Waals surface area contributed by atoms with Gasteiger partial charge < -0.3 is 24.1 Å². The van der Waals surface area contributed by atoms with Gasteiger partial charge in [0.2, 0.25) is 0 Å². The van der Waals surface area contributed by atoms with E-state index in [9.17, 15) is 19.8 Å². The average Bonchev–Trinajstić information content (AvgIpc) is 3.32. The fraction of sp³-hybridized carbons (Fsp3) is 0.633. The summed E-state index contributed by atoms with van der Waals surface area (Å²) < 4.78 is 17.6. The monoisotopic (exact) mass is 527 g/mol. The van der Waals surface area contributed by atoms with Crippen molar-refractivity contribution in [1.29, 1.82) is 0 Å². The number of aliphatic hydroxyl groups excluding tert-OH is 2. The third kappa shape index (κ3) is 5.87. The van der Waals surface area contributed by atoms with Crippen LogP contribution in [0.2, 0.25) is 0 Å². The van der Waals surface area contributed by atoms with Gasteiger partial charge in [0.1, 0.15) is 17.4 Å². The van der Waals surface area contributed by atoms with E-state index in [1.165, 1.54) is 0 Å². The van der Waals surface area contributed by atoms with Crippen molar-refractivity contribution >= 4 is 22.9 Å². The van der Waals surface area contributed by atoms with Crippen molar-refractivity contribution in [2.24, 2.45) is 17.3 Å². The maximum absolute atomic E-state index is 13.6. The summed E-state index contributed by atoms with van der Waals surface area (Å²) in [6.07, 6.45) is 1.50. The lowest BCUT2D eigenvalue weighted by Gasteiger charge is -2.35. The van der Waals surface area contributed by atoms with Crippen LogP contribution in [0.5, 0.6) is 0 Å². The summed E-state index contributed by atoms with van der Waals surface area (Å²) in [7, 11) is 0. The molecule has 0 saturated carbocycles. The molecule has 8 nitrogen and oxygen atoms in total. The number of nitrogens with zero attached hydrogens (tertiary/aromatic N) is 1. The van der Waals surface area contributed by atoms with Crippen molar-refractivity contribution in [3.05, 3.63) is 42.3 Å². The fourth-order valence-electron chi connectivity index (χ4n) is 5.70. The van der Waals surface area contributed by atoms with E-state index in [0.29, 0.717) is 29.8 Å². The maximum Gasteiger partial charge on any atom is 0.309 e. The van der Waals surface area contributed by atoms with Gasteiger partial charge in [0.15, 0.2) is 11.5 Å². The molecule has 2 saturated heterocycles. The number of aryl methyl sites for hydroxylation is 1. The number of aliphatic hydroxyl groups is 2. The molecule has 0 aliphatic carbocycles. The Balaban J connectivity index is 1.63. The normalized spacial score (nSPS) is 34.9. The predicted molar refractivity (Wildman–Crippen MR) is 142 cm³/mol. The van der Waals surface area contributed by atoms with E-state index in [1.807, 2.05) is 25.1 Å². The summed E-state index contributed by atoms with van der Waals surface area (Å²) in [6, 6.07) is 5.53. The summed E-state index contributed by atoms with van der Waals surface area (Å²) in [5, 5.41) is 22.2. The number of cyclic esters (lactones) is 1. The van der Waals surface area contributed by atoms with Gasteiger partial charge in [-0.05, 0) is 49.8 Å². The number of carbonyl (C=O) groups excluding carboxylic acids is 2. The first-order chi connectivity index (χ1) is 17.9. The second-order valence-electron chi connectivity index (χ2n) is 11.9. The smallest absolute Gasteiger partial charge is 0.309 e. The number of epoxide rings is 1. The van der Waals surface area contributed by atoms with E-state index in [4.69, 9.17) is 13.9 Å². The molecule has 208 valence electrons. The molecule has 0 amide bonds. The minimum Gasteiger partial charge on any atom is -0.457 e. The summed E-state index contributed by atoms with van der Waals surface area (Å²) >= 11 is 0. The lowest BCUT2D eigenvalue weighted by Crippen LogP contribution is -2.46. The molecular formula is C30H41NO7. The van der Waals surface area contributed by atoms with Gasteiger partial charge in [0.25, 0.3) is 0 Å². The van der Waals surface area contributed by atoms with E-state index in [2.05, 4.69) is 18.5 Å². The molecule has 4 rings (SSSR count).